The van der Waals surface area contributed by atoms with E-state index in [4.69, 9.17) is 9.84 Å². The Morgan fingerprint density at radius 3 is 2.75 bits per heavy atom. The highest BCUT2D eigenvalue weighted by molar-refractivity contribution is 4.81. The number of hydrogen-bond acceptors (Lipinski definition) is 2. The molecule has 47 valence electrons. The van der Waals surface area contributed by atoms with Crippen molar-refractivity contribution in [2.24, 2.45) is 0 Å². The molecule has 0 fully saturated rings. The van der Waals surface area contributed by atoms with Crippen LogP contribution in [0.5, 0.6) is 0 Å². The van der Waals surface area contributed by atoms with Crippen LogP contribution in [-0.4, -0.2) is 24.4 Å². The quantitative estimate of drug-likeness (QED) is 0.537. The van der Waals surface area contributed by atoms with E-state index in [2.05, 4.69) is 13.5 Å². The summed E-state index contributed by atoms with van der Waals surface area (Å²) in [5, 5.41) is 8.22. The predicted octanol–water partition coefficient (Wildman–Crippen LogP) is 0.384. The topological polar surface area (TPSA) is 29.5 Å². The molecule has 0 aliphatic carbocycles. The van der Waals surface area contributed by atoms with Crippen LogP contribution in [0.25, 0.3) is 0 Å². The lowest BCUT2D eigenvalue weighted by Gasteiger charge is -2.04. The first-order chi connectivity index (χ1) is 3.81. The molecule has 0 aromatic carbocycles. The van der Waals surface area contributed by atoms with E-state index >= 15 is 0 Å². The van der Waals surface area contributed by atoms with E-state index in [0.717, 1.165) is 0 Å². The van der Waals surface area contributed by atoms with Gasteiger partial charge in [-0.1, -0.05) is 6.08 Å². The Hall–Kier alpha value is -0.340. The van der Waals surface area contributed by atoms with Gasteiger partial charge in [-0.3, -0.25) is 0 Å². The first-order valence-corrected chi connectivity index (χ1v) is 2.49. The van der Waals surface area contributed by atoms with Crippen LogP contribution >= 0.6 is 0 Å². The van der Waals surface area contributed by atoms with E-state index in [1.165, 1.54) is 0 Å². The van der Waals surface area contributed by atoms with E-state index in [1.54, 1.807) is 6.08 Å². The van der Waals surface area contributed by atoms with E-state index in [-0.39, 0.29) is 12.7 Å². The maximum Gasteiger partial charge on any atom is 0.0755 e. The summed E-state index contributed by atoms with van der Waals surface area (Å²) < 4.78 is 4.86. The average Bonchev–Trinajstić information content (AvgIpc) is 1.83. The molecule has 1 radical (unpaired) electrons. The third-order valence-corrected chi connectivity index (χ3v) is 0.686. The van der Waals surface area contributed by atoms with Crippen LogP contribution in [0.15, 0.2) is 12.7 Å². The normalized spacial score (nSPS) is 13.2. The van der Waals surface area contributed by atoms with Crippen LogP contribution in [-0.2, 0) is 4.74 Å². The second-order valence-electron chi connectivity index (χ2n) is 1.37. The smallest absolute Gasteiger partial charge is 0.0755 e. The van der Waals surface area contributed by atoms with E-state index in [1.807, 2.05) is 0 Å². The molecule has 1 unspecified atom stereocenters. The zero-order chi connectivity index (χ0) is 6.41. The molecule has 0 bridgehead atoms. The van der Waals surface area contributed by atoms with Gasteiger partial charge < -0.3 is 9.84 Å². The van der Waals surface area contributed by atoms with Gasteiger partial charge in [0.05, 0.1) is 19.3 Å². The van der Waals surface area contributed by atoms with Gasteiger partial charge in [-0.05, 0) is 6.92 Å². The van der Waals surface area contributed by atoms with Gasteiger partial charge in [-0.2, -0.15) is 0 Å². The van der Waals surface area contributed by atoms with Crippen molar-refractivity contribution in [3.63, 3.8) is 0 Å². The van der Waals surface area contributed by atoms with Crippen LogP contribution in [0.1, 0.15) is 0 Å². The fraction of sp³-hybridized carbons (Fsp3) is 0.500. The van der Waals surface area contributed by atoms with Crippen molar-refractivity contribution in [3.05, 3.63) is 19.6 Å². The molecule has 0 aliphatic heterocycles. The van der Waals surface area contributed by atoms with Crippen LogP contribution in [0.3, 0.4) is 0 Å². The molecule has 0 saturated carbocycles. The van der Waals surface area contributed by atoms with Gasteiger partial charge in [0, 0.05) is 0 Å². The van der Waals surface area contributed by atoms with Crippen LogP contribution in [0, 0.1) is 6.92 Å². The van der Waals surface area contributed by atoms with Gasteiger partial charge in [0.2, 0.25) is 0 Å². The fourth-order valence-corrected chi connectivity index (χ4v) is 0.272. The van der Waals surface area contributed by atoms with Crippen molar-refractivity contribution in [1.82, 2.24) is 0 Å². The lowest BCUT2D eigenvalue weighted by molar-refractivity contribution is 0.0765. The number of rotatable bonds is 4. The van der Waals surface area contributed by atoms with Crippen molar-refractivity contribution in [2.75, 3.05) is 13.2 Å². The fourth-order valence-electron chi connectivity index (χ4n) is 0.272. The number of aliphatic hydroxyl groups excluding tert-OH is 1. The highest BCUT2D eigenvalue weighted by atomic mass is 16.5. The average molecular weight is 115 g/mol. The first kappa shape index (κ1) is 7.66. The monoisotopic (exact) mass is 115 g/mol. The van der Waals surface area contributed by atoms with E-state index in [0.29, 0.717) is 6.61 Å². The van der Waals surface area contributed by atoms with Crippen molar-refractivity contribution in [2.45, 2.75) is 6.10 Å². The van der Waals surface area contributed by atoms with Gasteiger partial charge in [0.15, 0.2) is 0 Å². The molecule has 0 amide bonds. The minimum absolute atomic E-state index is 0.0415. The summed E-state index contributed by atoms with van der Waals surface area (Å²) in [5.41, 5.74) is 0. The zero-order valence-electron chi connectivity index (χ0n) is 4.84. The molecule has 2 heteroatoms. The Balaban J connectivity index is 2.98. The van der Waals surface area contributed by atoms with E-state index < -0.39 is 0 Å². The molecule has 8 heavy (non-hydrogen) atoms. The number of ether oxygens (including phenoxy) is 1. The molecule has 0 aliphatic rings. The lowest BCUT2D eigenvalue weighted by Crippen LogP contribution is -2.07. The van der Waals surface area contributed by atoms with Crippen LogP contribution in [0.4, 0.5) is 0 Å². The Bertz CT molecular complexity index is 61.5. The van der Waals surface area contributed by atoms with Gasteiger partial charge >= 0.3 is 0 Å². The number of hydrogen-bond donors (Lipinski definition) is 1. The van der Waals surface area contributed by atoms with Crippen molar-refractivity contribution < 1.29 is 9.84 Å². The summed E-state index contributed by atoms with van der Waals surface area (Å²) in [7, 11) is 0. The highest BCUT2D eigenvalue weighted by Crippen LogP contribution is 1.87. The molecule has 0 saturated heterocycles. The van der Waals surface area contributed by atoms with Crippen molar-refractivity contribution in [1.29, 1.82) is 0 Å². The summed E-state index contributed by atoms with van der Waals surface area (Å²) in [6, 6.07) is 0. The molecule has 0 aromatic rings. The van der Waals surface area contributed by atoms with Gasteiger partial charge in [-0.25, -0.2) is 0 Å². The summed E-state index contributed by atoms with van der Waals surface area (Å²) >= 11 is 0. The summed E-state index contributed by atoms with van der Waals surface area (Å²) in [4.78, 5) is 0. The Labute approximate surface area is 49.8 Å². The largest absolute Gasteiger partial charge is 0.394 e. The highest BCUT2D eigenvalue weighted by Gasteiger charge is 1.91. The minimum atomic E-state index is -0.192. The first-order valence-electron chi connectivity index (χ1n) is 2.49. The third kappa shape index (κ3) is 3.84. The molecule has 0 aromatic heterocycles. The predicted molar refractivity (Wildman–Crippen MR) is 32.4 cm³/mol. The summed E-state index contributed by atoms with van der Waals surface area (Å²) in [6.45, 7) is 7.36. The maximum absolute atomic E-state index is 8.22. The van der Waals surface area contributed by atoms with Crippen LogP contribution < -0.4 is 0 Å². The molecule has 2 nitrogen and oxygen atoms in total. The van der Waals surface area contributed by atoms with Gasteiger partial charge in [0.1, 0.15) is 0 Å². The molecular weight excluding hydrogens is 104 g/mol. The zero-order valence-corrected chi connectivity index (χ0v) is 4.84. The molecule has 1 N–H and O–H groups in total. The Morgan fingerprint density at radius 1 is 1.75 bits per heavy atom. The summed E-state index contributed by atoms with van der Waals surface area (Å²) in [5.74, 6) is 0. The lowest BCUT2D eigenvalue weighted by atomic mass is 10.4. The summed E-state index contributed by atoms with van der Waals surface area (Å²) in [6.07, 6.45) is 1.39. The second-order valence-corrected chi connectivity index (χ2v) is 1.37. The molecule has 0 rings (SSSR count). The standard InChI is InChI=1S/C6H11O2/c1-3-6(2)8-5-4-7/h3,6-7H,1-2,4-5H2. The van der Waals surface area contributed by atoms with Gasteiger partial charge in [-0.15, -0.1) is 6.58 Å². The molecule has 0 heterocycles. The SMILES string of the molecule is [CH2]C(C=C)OCCO. The Kier molecular flexibility index (Phi) is 4.61. The molecule has 1 atom stereocenters. The van der Waals surface area contributed by atoms with Crippen LogP contribution in [0.2, 0.25) is 0 Å². The molecular formula is C6H11O2. The van der Waals surface area contributed by atoms with Gasteiger partial charge in [0.25, 0.3) is 0 Å². The Morgan fingerprint density at radius 2 is 2.38 bits per heavy atom. The maximum atomic E-state index is 8.22. The van der Waals surface area contributed by atoms with E-state index in [9.17, 15) is 0 Å². The molecule has 0 spiro atoms. The second kappa shape index (κ2) is 4.81. The van der Waals surface area contributed by atoms with Crippen molar-refractivity contribution in [3.8, 4) is 0 Å². The number of aliphatic hydroxyl groups is 1. The third-order valence-electron chi connectivity index (χ3n) is 0.686. The van der Waals surface area contributed by atoms with Crippen molar-refractivity contribution >= 4 is 0 Å². The minimum Gasteiger partial charge on any atom is -0.394 e.